The Morgan fingerprint density at radius 2 is 1.74 bits per heavy atom. The molecule has 5 nitrogen and oxygen atoms in total. The van der Waals surface area contributed by atoms with Gasteiger partial charge in [0.25, 0.3) is 5.91 Å². The van der Waals surface area contributed by atoms with Gasteiger partial charge in [-0.1, -0.05) is 48.5 Å². The molecule has 0 atom stereocenters. The summed E-state index contributed by atoms with van der Waals surface area (Å²) in [5.74, 6) is 0.545. The second kappa shape index (κ2) is 9.91. The first-order chi connectivity index (χ1) is 15.2. The van der Waals surface area contributed by atoms with Crippen molar-refractivity contribution in [2.45, 2.75) is 19.5 Å². The smallest absolute Gasteiger partial charge is 0.268 e. The van der Waals surface area contributed by atoms with E-state index in [-0.39, 0.29) is 18.2 Å². The van der Waals surface area contributed by atoms with Crippen molar-refractivity contribution in [3.05, 3.63) is 112 Å². The number of carbonyl (C=O) groups is 2. The first kappa shape index (κ1) is 20.6. The van der Waals surface area contributed by atoms with E-state index in [1.54, 1.807) is 17.2 Å². The van der Waals surface area contributed by atoms with E-state index in [2.05, 4.69) is 5.32 Å². The Morgan fingerprint density at radius 3 is 2.48 bits per heavy atom. The van der Waals surface area contributed by atoms with Crippen LogP contribution in [0.5, 0.6) is 0 Å². The lowest BCUT2D eigenvalue weighted by Crippen LogP contribution is -2.30. The minimum absolute atomic E-state index is 0.0572. The van der Waals surface area contributed by atoms with Crippen LogP contribution in [0.25, 0.3) is 0 Å². The van der Waals surface area contributed by atoms with Crippen LogP contribution in [0.2, 0.25) is 0 Å². The summed E-state index contributed by atoms with van der Waals surface area (Å²) in [4.78, 5) is 28.0. The molecule has 0 unspecified atom stereocenters. The molecule has 0 aliphatic carbocycles. The molecule has 2 amide bonds. The quantitative estimate of drug-likeness (QED) is 0.426. The summed E-state index contributed by atoms with van der Waals surface area (Å²) in [6, 6.07) is 24.8. The van der Waals surface area contributed by atoms with Gasteiger partial charge in [0.1, 0.15) is 5.76 Å². The molecule has 0 aliphatic rings. The molecule has 6 heteroatoms. The van der Waals surface area contributed by atoms with E-state index >= 15 is 0 Å². The standard InChI is InChI=1S/C25H22N2O3S/c28-24(26-17-22-11-5-13-30-22)16-20-9-4-10-21(15-20)27(18-19-7-2-1-3-8-19)25(29)23-12-6-14-31-23/h1-15H,16-18H2,(H,26,28). The first-order valence-corrected chi connectivity index (χ1v) is 10.8. The van der Waals surface area contributed by atoms with Crippen LogP contribution in [-0.2, 0) is 24.3 Å². The third-order valence-corrected chi connectivity index (χ3v) is 5.65. The number of rotatable bonds is 8. The number of carbonyl (C=O) groups excluding carboxylic acids is 2. The third-order valence-electron chi connectivity index (χ3n) is 4.79. The van der Waals surface area contributed by atoms with Gasteiger partial charge in [0.15, 0.2) is 0 Å². The van der Waals surface area contributed by atoms with Crippen LogP contribution < -0.4 is 10.2 Å². The van der Waals surface area contributed by atoms with Crippen molar-refractivity contribution >= 4 is 28.8 Å². The van der Waals surface area contributed by atoms with E-state index in [9.17, 15) is 9.59 Å². The molecule has 31 heavy (non-hydrogen) atoms. The Labute approximate surface area is 184 Å². The number of furan rings is 1. The van der Waals surface area contributed by atoms with Crippen LogP contribution in [-0.4, -0.2) is 11.8 Å². The number of hydrogen-bond acceptors (Lipinski definition) is 4. The van der Waals surface area contributed by atoms with Gasteiger partial charge in [0, 0.05) is 5.69 Å². The van der Waals surface area contributed by atoms with Gasteiger partial charge in [-0.05, 0) is 46.8 Å². The number of hydrogen-bond donors (Lipinski definition) is 1. The predicted molar refractivity (Wildman–Crippen MR) is 122 cm³/mol. The topological polar surface area (TPSA) is 62.6 Å². The fourth-order valence-electron chi connectivity index (χ4n) is 3.26. The second-order valence-electron chi connectivity index (χ2n) is 7.06. The number of amides is 2. The largest absolute Gasteiger partial charge is 0.467 e. The highest BCUT2D eigenvalue weighted by Gasteiger charge is 2.19. The molecule has 2 heterocycles. The monoisotopic (exact) mass is 430 g/mol. The molecule has 1 N–H and O–H groups in total. The van der Waals surface area contributed by atoms with Crippen LogP contribution in [0.15, 0.2) is 94.9 Å². The zero-order valence-electron chi connectivity index (χ0n) is 16.9. The Kier molecular flexibility index (Phi) is 6.59. The first-order valence-electron chi connectivity index (χ1n) is 9.96. The molecule has 2 aromatic heterocycles. The molecule has 4 rings (SSSR count). The maximum absolute atomic E-state index is 13.2. The fraction of sp³-hybridized carbons (Fsp3) is 0.120. The number of anilines is 1. The van der Waals surface area contributed by atoms with E-state index < -0.39 is 0 Å². The van der Waals surface area contributed by atoms with Crippen molar-refractivity contribution in [1.29, 1.82) is 0 Å². The van der Waals surface area contributed by atoms with Crippen molar-refractivity contribution in [2.24, 2.45) is 0 Å². The van der Waals surface area contributed by atoms with Crippen molar-refractivity contribution in [3.63, 3.8) is 0 Å². The van der Waals surface area contributed by atoms with Crippen molar-refractivity contribution in [1.82, 2.24) is 5.32 Å². The van der Waals surface area contributed by atoms with Crippen LogP contribution >= 0.6 is 11.3 Å². The molecule has 156 valence electrons. The summed E-state index contributed by atoms with van der Waals surface area (Å²) in [5, 5.41) is 4.75. The van der Waals surface area contributed by atoms with Crippen molar-refractivity contribution < 1.29 is 14.0 Å². The van der Waals surface area contributed by atoms with Gasteiger partial charge >= 0.3 is 0 Å². The van der Waals surface area contributed by atoms with Gasteiger partial charge < -0.3 is 14.6 Å². The summed E-state index contributed by atoms with van der Waals surface area (Å²) < 4.78 is 5.25. The Bertz CT molecular complexity index is 1120. The number of thiophene rings is 1. The maximum Gasteiger partial charge on any atom is 0.268 e. The van der Waals surface area contributed by atoms with E-state index in [0.717, 1.165) is 16.8 Å². The molecule has 0 saturated heterocycles. The molecule has 0 spiro atoms. The van der Waals surface area contributed by atoms with Gasteiger partial charge in [-0.2, -0.15) is 0 Å². The van der Waals surface area contributed by atoms with Crippen LogP contribution in [0.3, 0.4) is 0 Å². The molecule has 0 bridgehead atoms. The van der Waals surface area contributed by atoms with Gasteiger partial charge in [0.05, 0.1) is 30.7 Å². The molecule has 0 fully saturated rings. The van der Waals surface area contributed by atoms with Crippen LogP contribution in [0, 0.1) is 0 Å². The van der Waals surface area contributed by atoms with Crippen LogP contribution in [0.1, 0.15) is 26.6 Å². The highest BCUT2D eigenvalue weighted by atomic mass is 32.1. The van der Waals surface area contributed by atoms with Crippen molar-refractivity contribution in [2.75, 3.05) is 4.90 Å². The summed E-state index contributed by atoms with van der Waals surface area (Å²) in [6.45, 7) is 0.800. The summed E-state index contributed by atoms with van der Waals surface area (Å²) >= 11 is 1.42. The van der Waals surface area contributed by atoms with E-state index in [0.29, 0.717) is 23.7 Å². The second-order valence-corrected chi connectivity index (χ2v) is 8.00. The molecular weight excluding hydrogens is 408 g/mol. The van der Waals surface area contributed by atoms with Crippen LogP contribution in [0.4, 0.5) is 5.69 Å². The van der Waals surface area contributed by atoms with Gasteiger partial charge in [-0.15, -0.1) is 11.3 Å². The molecule has 0 aliphatic heterocycles. The lowest BCUT2D eigenvalue weighted by molar-refractivity contribution is -0.120. The zero-order chi connectivity index (χ0) is 21.5. The summed E-state index contributed by atoms with van der Waals surface area (Å²) in [6.07, 6.45) is 1.80. The average Bonchev–Trinajstić information content (AvgIpc) is 3.51. The molecule has 0 radical (unpaired) electrons. The highest BCUT2D eigenvalue weighted by Crippen LogP contribution is 2.23. The lowest BCUT2D eigenvalue weighted by atomic mass is 10.1. The molecule has 0 saturated carbocycles. The maximum atomic E-state index is 13.2. The Morgan fingerprint density at radius 1 is 0.903 bits per heavy atom. The zero-order valence-corrected chi connectivity index (χ0v) is 17.7. The minimum Gasteiger partial charge on any atom is -0.467 e. The van der Waals surface area contributed by atoms with Gasteiger partial charge in [-0.3, -0.25) is 9.59 Å². The van der Waals surface area contributed by atoms with E-state index in [1.165, 1.54) is 11.3 Å². The highest BCUT2D eigenvalue weighted by molar-refractivity contribution is 7.12. The molecule has 4 aromatic rings. The van der Waals surface area contributed by atoms with Gasteiger partial charge in [-0.25, -0.2) is 0 Å². The van der Waals surface area contributed by atoms with E-state index in [4.69, 9.17) is 4.42 Å². The minimum atomic E-state index is -0.104. The molecular formula is C25H22N2O3S. The summed E-state index contributed by atoms with van der Waals surface area (Å²) in [7, 11) is 0. The molecule has 2 aromatic carbocycles. The normalized spacial score (nSPS) is 10.6. The van der Waals surface area contributed by atoms with Gasteiger partial charge in [0.2, 0.25) is 5.91 Å². The Balaban J connectivity index is 1.52. The summed E-state index contributed by atoms with van der Waals surface area (Å²) in [5.41, 5.74) is 2.64. The average molecular weight is 431 g/mol. The van der Waals surface area contributed by atoms with E-state index in [1.807, 2.05) is 78.2 Å². The number of benzene rings is 2. The third kappa shape index (κ3) is 5.49. The number of nitrogens with one attached hydrogen (secondary N) is 1. The Hall–Kier alpha value is -3.64. The predicted octanol–water partition coefficient (Wildman–Crippen LogP) is 5.05. The van der Waals surface area contributed by atoms with Crippen molar-refractivity contribution in [3.8, 4) is 0 Å². The lowest BCUT2D eigenvalue weighted by Gasteiger charge is -2.23. The SMILES string of the molecule is O=C(Cc1cccc(N(Cc2ccccc2)C(=O)c2cccs2)c1)NCc1ccco1. The fourth-order valence-corrected chi connectivity index (χ4v) is 3.93. The number of nitrogens with zero attached hydrogens (tertiary/aromatic N) is 1.